The van der Waals surface area contributed by atoms with Crippen molar-refractivity contribution >= 4 is 46.0 Å². The average Bonchev–Trinajstić information content (AvgIpc) is 3.69. The predicted molar refractivity (Wildman–Crippen MR) is 172 cm³/mol. The number of hydrogen-bond donors (Lipinski definition) is 1. The maximum atomic E-state index is 13.7. The third-order valence-corrected chi connectivity index (χ3v) is 9.09. The topological polar surface area (TPSA) is 92.0 Å². The average molecular weight is 619 g/mol. The van der Waals surface area contributed by atoms with Crippen molar-refractivity contribution in [1.82, 2.24) is 29.1 Å². The summed E-state index contributed by atoms with van der Waals surface area (Å²) in [5.41, 5.74) is 5.65. The van der Waals surface area contributed by atoms with Crippen molar-refractivity contribution in [1.29, 1.82) is 0 Å². The van der Waals surface area contributed by atoms with Gasteiger partial charge in [-0.25, -0.2) is 9.78 Å². The number of para-hydroxylation sites is 1. The Labute approximate surface area is 265 Å². The largest absolute Gasteiger partial charge is 0.349 e. The summed E-state index contributed by atoms with van der Waals surface area (Å²) in [6.45, 7) is 2.80. The summed E-state index contributed by atoms with van der Waals surface area (Å²) < 4.78 is 3.86. The quantitative estimate of drug-likeness (QED) is 0.228. The van der Waals surface area contributed by atoms with Crippen LogP contribution in [0.5, 0.6) is 0 Å². The Morgan fingerprint density at radius 3 is 2.84 bits per heavy atom. The summed E-state index contributed by atoms with van der Waals surface area (Å²) in [7, 11) is 1.91. The number of rotatable bonds is 4. The number of piperidine rings is 1. The summed E-state index contributed by atoms with van der Waals surface area (Å²) in [5.74, 6) is 5.99. The van der Waals surface area contributed by atoms with Crippen LogP contribution in [0.4, 0.5) is 4.79 Å². The van der Waals surface area contributed by atoms with E-state index in [9.17, 15) is 14.4 Å². The molecule has 45 heavy (non-hydrogen) atoms. The number of nitrogens with zero attached hydrogens (tertiary/aromatic N) is 5. The summed E-state index contributed by atoms with van der Waals surface area (Å²) in [6, 6.07) is 15.5. The number of likely N-dealkylation sites (tertiary alicyclic amines) is 1. The minimum absolute atomic E-state index is 0.145. The van der Waals surface area contributed by atoms with Crippen LogP contribution in [0, 0.1) is 18.8 Å². The van der Waals surface area contributed by atoms with Crippen LogP contribution in [-0.4, -0.2) is 66.8 Å². The standard InChI is InChI=1S/C35H31ClN6O3/c1-22-11-12-24(17-23(22)13-14-26-19-37-31-10-3-4-16-41(26)31)33(43)40-15-6-7-27(21-40)42-34(44)30(38-35(42)45)18-25-20-39(2)32-28(25)8-5-9-29(32)36/h3-5,8-12,16-17,19-20,27,30H,6-7,15,18,21H2,1-2H3,(H,38,45). The number of hydrogen-bond acceptors (Lipinski definition) is 4. The highest BCUT2D eigenvalue weighted by atomic mass is 35.5. The highest BCUT2D eigenvalue weighted by Crippen LogP contribution is 2.30. The molecule has 0 aliphatic carbocycles. The third-order valence-electron chi connectivity index (χ3n) is 8.79. The summed E-state index contributed by atoms with van der Waals surface area (Å²) in [4.78, 5) is 47.9. The molecule has 226 valence electrons. The van der Waals surface area contributed by atoms with Crippen molar-refractivity contribution in [3.8, 4) is 11.8 Å². The fourth-order valence-electron chi connectivity index (χ4n) is 6.49. The molecule has 10 heteroatoms. The second kappa shape index (κ2) is 11.5. The Kier molecular flexibility index (Phi) is 7.30. The number of carbonyl (C=O) groups is 3. The number of imidazole rings is 1. The van der Waals surface area contributed by atoms with E-state index in [0.29, 0.717) is 36.4 Å². The lowest BCUT2D eigenvalue weighted by Gasteiger charge is -2.36. The molecule has 2 aromatic carbocycles. The lowest BCUT2D eigenvalue weighted by molar-refractivity contribution is -0.129. The number of aryl methyl sites for hydroxylation is 2. The first-order valence-corrected chi connectivity index (χ1v) is 15.4. The van der Waals surface area contributed by atoms with E-state index in [1.54, 1.807) is 17.2 Å². The van der Waals surface area contributed by atoms with Crippen LogP contribution in [0.15, 0.2) is 73.2 Å². The minimum atomic E-state index is -0.681. The van der Waals surface area contributed by atoms with Gasteiger partial charge in [-0.1, -0.05) is 41.8 Å². The zero-order valence-corrected chi connectivity index (χ0v) is 25.7. The Balaban J connectivity index is 1.07. The van der Waals surface area contributed by atoms with Gasteiger partial charge in [0, 0.05) is 55.5 Å². The van der Waals surface area contributed by atoms with Gasteiger partial charge in [-0.3, -0.25) is 18.9 Å². The number of fused-ring (bicyclic) bond motifs is 2. The minimum Gasteiger partial charge on any atom is -0.349 e. The molecule has 3 aromatic heterocycles. The van der Waals surface area contributed by atoms with E-state index < -0.39 is 18.1 Å². The van der Waals surface area contributed by atoms with Crippen LogP contribution in [0.25, 0.3) is 16.6 Å². The van der Waals surface area contributed by atoms with Crippen LogP contribution in [0.1, 0.15) is 45.6 Å². The molecular formula is C35H31ClN6O3. The molecule has 4 amide bonds. The van der Waals surface area contributed by atoms with Gasteiger partial charge in [0.25, 0.3) is 11.8 Å². The molecule has 1 N–H and O–H groups in total. The lowest BCUT2D eigenvalue weighted by atomic mass is 10.00. The molecule has 0 bridgehead atoms. The SMILES string of the molecule is Cc1ccc(C(=O)N2CCCC(N3C(=O)NC(Cc4cn(C)c5c(Cl)cccc45)C3=O)C2)cc1C#Cc1cnc2ccccn12. The first-order chi connectivity index (χ1) is 21.8. The maximum absolute atomic E-state index is 13.7. The number of halogens is 1. The summed E-state index contributed by atoms with van der Waals surface area (Å²) >= 11 is 6.42. The molecule has 5 heterocycles. The number of pyridine rings is 1. The van der Waals surface area contributed by atoms with Gasteiger partial charge < -0.3 is 14.8 Å². The number of nitrogens with one attached hydrogen (secondary N) is 1. The Hall–Kier alpha value is -5.07. The van der Waals surface area contributed by atoms with Gasteiger partial charge >= 0.3 is 6.03 Å². The lowest BCUT2D eigenvalue weighted by Crippen LogP contribution is -2.52. The molecule has 7 rings (SSSR count). The number of aromatic nitrogens is 3. The smallest absolute Gasteiger partial charge is 0.325 e. The third kappa shape index (κ3) is 5.21. The van der Waals surface area contributed by atoms with Crippen molar-refractivity contribution < 1.29 is 14.4 Å². The van der Waals surface area contributed by atoms with Crippen molar-refractivity contribution in [2.24, 2.45) is 7.05 Å². The normalized spacial score (nSPS) is 18.4. The summed E-state index contributed by atoms with van der Waals surface area (Å²) in [5, 5.41) is 4.48. The highest BCUT2D eigenvalue weighted by Gasteiger charge is 2.44. The molecule has 2 atom stereocenters. The zero-order valence-electron chi connectivity index (χ0n) is 25.0. The van der Waals surface area contributed by atoms with E-state index in [0.717, 1.165) is 38.9 Å². The molecular weight excluding hydrogens is 588 g/mol. The van der Waals surface area contributed by atoms with Crippen molar-refractivity contribution in [3.63, 3.8) is 0 Å². The first kappa shape index (κ1) is 28.7. The predicted octanol–water partition coefficient (Wildman–Crippen LogP) is 4.96. The van der Waals surface area contributed by atoms with Crippen molar-refractivity contribution in [2.75, 3.05) is 13.1 Å². The number of imide groups is 1. The van der Waals surface area contributed by atoms with E-state index in [1.807, 2.05) is 83.9 Å². The Bertz CT molecular complexity index is 2070. The summed E-state index contributed by atoms with van der Waals surface area (Å²) in [6.07, 6.45) is 7.29. The van der Waals surface area contributed by atoms with Gasteiger partial charge in [0.15, 0.2) is 0 Å². The molecule has 2 aliphatic rings. The molecule has 2 fully saturated rings. The molecule has 5 aromatic rings. The second-order valence-electron chi connectivity index (χ2n) is 11.7. The van der Waals surface area contributed by atoms with Crippen LogP contribution in [-0.2, 0) is 18.3 Å². The second-order valence-corrected chi connectivity index (χ2v) is 12.1. The van der Waals surface area contributed by atoms with E-state index >= 15 is 0 Å². The van der Waals surface area contributed by atoms with Crippen LogP contribution in [0.3, 0.4) is 0 Å². The van der Waals surface area contributed by atoms with Gasteiger partial charge in [0.1, 0.15) is 17.4 Å². The van der Waals surface area contributed by atoms with Gasteiger partial charge in [-0.2, -0.15) is 0 Å². The van der Waals surface area contributed by atoms with Crippen LogP contribution >= 0.6 is 11.6 Å². The highest BCUT2D eigenvalue weighted by molar-refractivity contribution is 6.35. The van der Waals surface area contributed by atoms with Crippen LogP contribution in [0.2, 0.25) is 5.02 Å². The molecule has 2 saturated heterocycles. The Morgan fingerprint density at radius 2 is 1.98 bits per heavy atom. The van der Waals surface area contributed by atoms with Gasteiger partial charge in [-0.05, 0) is 67.1 Å². The van der Waals surface area contributed by atoms with E-state index in [2.05, 4.69) is 22.1 Å². The zero-order chi connectivity index (χ0) is 31.2. The first-order valence-electron chi connectivity index (χ1n) is 15.0. The maximum Gasteiger partial charge on any atom is 0.325 e. The van der Waals surface area contributed by atoms with E-state index in [4.69, 9.17) is 11.6 Å². The molecule has 0 saturated carbocycles. The molecule has 0 spiro atoms. The molecule has 9 nitrogen and oxygen atoms in total. The van der Waals surface area contributed by atoms with Gasteiger partial charge in [0.05, 0.1) is 22.8 Å². The fourth-order valence-corrected chi connectivity index (χ4v) is 6.80. The van der Waals surface area contributed by atoms with E-state index in [1.165, 1.54) is 4.90 Å². The molecule has 2 unspecified atom stereocenters. The Morgan fingerprint density at radius 1 is 1.11 bits per heavy atom. The molecule has 0 radical (unpaired) electrons. The number of benzene rings is 2. The van der Waals surface area contributed by atoms with Crippen molar-refractivity contribution in [2.45, 2.75) is 38.3 Å². The monoisotopic (exact) mass is 618 g/mol. The molecule has 2 aliphatic heterocycles. The van der Waals surface area contributed by atoms with Gasteiger partial charge in [0.2, 0.25) is 0 Å². The number of amides is 4. The van der Waals surface area contributed by atoms with Crippen LogP contribution < -0.4 is 5.32 Å². The van der Waals surface area contributed by atoms with Crippen molar-refractivity contribution in [3.05, 3.63) is 106 Å². The van der Waals surface area contributed by atoms with E-state index in [-0.39, 0.29) is 18.4 Å². The van der Waals surface area contributed by atoms with Gasteiger partial charge in [-0.15, -0.1) is 0 Å². The fraction of sp³-hybridized carbons (Fsp3) is 0.257. The number of urea groups is 1. The number of carbonyl (C=O) groups excluding carboxylic acids is 3.